The lowest BCUT2D eigenvalue weighted by molar-refractivity contribution is 0.836. The second-order valence-corrected chi connectivity index (χ2v) is 5.45. The molecule has 0 aliphatic rings. The highest BCUT2D eigenvalue weighted by Crippen LogP contribution is 2.30. The molecule has 90 valence electrons. The van der Waals surface area contributed by atoms with Crippen molar-refractivity contribution in [3.05, 3.63) is 28.4 Å². The van der Waals surface area contributed by atoms with Gasteiger partial charge in [0.15, 0.2) is 0 Å². The van der Waals surface area contributed by atoms with Gasteiger partial charge < -0.3 is 5.73 Å². The van der Waals surface area contributed by atoms with Gasteiger partial charge in [0.25, 0.3) is 0 Å². The van der Waals surface area contributed by atoms with Gasteiger partial charge in [-0.15, -0.1) is 11.3 Å². The topological polar surface area (TPSA) is 51.8 Å². The lowest BCUT2D eigenvalue weighted by atomic mass is 10.2. The van der Waals surface area contributed by atoms with Crippen LogP contribution in [0.3, 0.4) is 0 Å². The molecule has 0 radical (unpaired) electrons. The van der Waals surface area contributed by atoms with Crippen molar-refractivity contribution < 1.29 is 0 Å². The number of nitrogen functional groups attached to an aromatic ring is 1. The summed E-state index contributed by atoms with van der Waals surface area (Å²) < 4.78 is 0. The molecule has 0 saturated heterocycles. The fourth-order valence-electron chi connectivity index (χ4n) is 1.72. The Hall–Kier alpha value is -1.42. The number of aromatic nitrogens is 2. The highest BCUT2D eigenvalue weighted by atomic mass is 32.1. The van der Waals surface area contributed by atoms with Gasteiger partial charge in [-0.05, 0) is 32.4 Å². The maximum atomic E-state index is 5.95. The van der Waals surface area contributed by atoms with E-state index in [2.05, 4.69) is 35.9 Å². The first-order chi connectivity index (χ1) is 8.11. The number of hydrogen-bond acceptors (Lipinski definition) is 4. The van der Waals surface area contributed by atoms with Crippen LogP contribution in [-0.4, -0.2) is 9.97 Å². The molecule has 0 unspecified atom stereocenters. The highest BCUT2D eigenvalue weighted by molar-refractivity contribution is 7.15. The van der Waals surface area contributed by atoms with E-state index in [1.807, 2.05) is 6.92 Å². The third-order valence-corrected chi connectivity index (χ3v) is 3.68. The van der Waals surface area contributed by atoms with Crippen LogP contribution in [-0.2, 0) is 6.42 Å². The minimum absolute atomic E-state index is 0.601. The third kappa shape index (κ3) is 2.47. The molecule has 3 nitrogen and oxygen atoms in total. The highest BCUT2D eigenvalue weighted by Gasteiger charge is 2.11. The number of aryl methyl sites for hydroxylation is 2. The first kappa shape index (κ1) is 12.0. The Morgan fingerprint density at radius 1 is 1.24 bits per heavy atom. The molecule has 0 amide bonds. The number of nitrogens with two attached hydrogens (primary N) is 1. The zero-order chi connectivity index (χ0) is 12.4. The molecule has 2 N–H and O–H groups in total. The van der Waals surface area contributed by atoms with Crippen LogP contribution in [0.5, 0.6) is 0 Å². The maximum Gasteiger partial charge on any atom is 0.131 e. The van der Waals surface area contributed by atoms with Crippen molar-refractivity contribution in [3.8, 4) is 10.6 Å². The molecule has 2 aromatic rings. The molecule has 4 heteroatoms. The molecule has 0 spiro atoms. The molecule has 17 heavy (non-hydrogen) atoms. The van der Waals surface area contributed by atoms with E-state index in [1.54, 1.807) is 11.3 Å². The summed E-state index contributed by atoms with van der Waals surface area (Å²) in [6.45, 7) is 6.20. The Bertz CT molecular complexity index is 531. The molecule has 0 aromatic carbocycles. The van der Waals surface area contributed by atoms with Crippen LogP contribution in [0.1, 0.15) is 29.6 Å². The lowest BCUT2D eigenvalue weighted by Gasteiger charge is -2.08. The normalized spacial score (nSPS) is 10.8. The van der Waals surface area contributed by atoms with Gasteiger partial charge in [0.05, 0.1) is 10.6 Å². The van der Waals surface area contributed by atoms with Gasteiger partial charge in [-0.2, -0.15) is 0 Å². The molecule has 2 rings (SSSR count). The van der Waals surface area contributed by atoms with Crippen LogP contribution in [0.25, 0.3) is 10.6 Å². The Morgan fingerprint density at radius 3 is 2.59 bits per heavy atom. The van der Waals surface area contributed by atoms with Crippen molar-refractivity contribution in [3.63, 3.8) is 0 Å². The Kier molecular flexibility index (Phi) is 3.43. The minimum Gasteiger partial charge on any atom is -0.383 e. The van der Waals surface area contributed by atoms with Crippen LogP contribution >= 0.6 is 11.3 Å². The smallest absolute Gasteiger partial charge is 0.131 e. The fourth-order valence-corrected chi connectivity index (χ4v) is 2.63. The third-order valence-electron chi connectivity index (χ3n) is 2.68. The van der Waals surface area contributed by atoms with E-state index in [4.69, 9.17) is 5.73 Å². The van der Waals surface area contributed by atoms with Gasteiger partial charge in [0.1, 0.15) is 11.6 Å². The predicted octanol–water partition coefficient (Wildman–Crippen LogP) is 3.36. The predicted molar refractivity (Wildman–Crippen MR) is 73.2 cm³/mol. The number of anilines is 1. The second kappa shape index (κ2) is 4.84. The molecule has 0 saturated carbocycles. The van der Waals surface area contributed by atoms with Crippen molar-refractivity contribution in [2.45, 2.75) is 33.6 Å². The molecule has 2 aromatic heterocycles. The van der Waals surface area contributed by atoms with Crippen molar-refractivity contribution >= 4 is 17.2 Å². The van der Waals surface area contributed by atoms with Gasteiger partial charge in [-0.25, -0.2) is 9.97 Å². The zero-order valence-electron chi connectivity index (χ0n) is 10.4. The van der Waals surface area contributed by atoms with Gasteiger partial charge >= 0.3 is 0 Å². The molecule has 0 aliphatic heterocycles. The lowest BCUT2D eigenvalue weighted by Crippen LogP contribution is -2.04. The van der Waals surface area contributed by atoms with E-state index in [0.717, 1.165) is 29.9 Å². The van der Waals surface area contributed by atoms with E-state index in [1.165, 1.54) is 9.75 Å². The van der Waals surface area contributed by atoms with E-state index in [9.17, 15) is 0 Å². The summed E-state index contributed by atoms with van der Waals surface area (Å²) in [5.41, 5.74) is 7.91. The van der Waals surface area contributed by atoms with E-state index < -0.39 is 0 Å². The summed E-state index contributed by atoms with van der Waals surface area (Å²) >= 11 is 1.74. The van der Waals surface area contributed by atoms with Gasteiger partial charge in [-0.3, -0.25) is 0 Å². The molecular formula is C13H17N3S. The largest absolute Gasteiger partial charge is 0.383 e. The fraction of sp³-hybridized carbons (Fsp3) is 0.385. The van der Waals surface area contributed by atoms with Crippen molar-refractivity contribution in [1.82, 2.24) is 9.97 Å². The number of hydrogen-bond donors (Lipinski definition) is 1. The van der Waals surface area contributed by atoms with Crippen molar-refractivity contribution in [2.24, 2.45) is 0 Å². The minimum atomic E-state index is 0.601. The van der Waals surface area contributed by atoms with Crippen LogP contribution in [0.15, 0.2) is 12.1 Å². The number of rotatable bonds is 3. The number of nitrogens with zero attached hydrogens (tertiary/aromatic N) is 2. The summed E-state index contributed by atoms with van der Waals surface area (Å²) in [5.74, 6) is 1.45. The van der Waals surface area contributed by atoms with Crippen LogP contribution in [0, 0.1) is 13.8 Å². The molecule has 0 bridgehead atoms. The average molecular weight is 247 g/mol. The van der Waals surface area contributed by atoms with Gasteiger partial charge in [0.2, 0.25) is 0 Å². The second-order valence-electron chi connectivity index (χ2n) is 4.16. The molecule has 0 atom stereocenters. The quantitative estimate of drug-likeness (QED) is 0.904. The summed E-state index contributed by atoms with van der Waals surface area (Å²) in [4.78, 5) is 11.4. The van der Waals surface area contributed by atoms with E-state index >= 15 is 0 Å². The zero-order valence-corrected chi connectivity index (χ0v) is 11.3. The molecule has 2 heterocycles. The van der Waals surface area contributed by atoms with Crippen LogP contribution in [0.4, 0.5) is 5.82 Å². The van der Waals surface area contributed by atoms with Gasteiger partial charge in [-0.1, -0.05) is 6.92 Å². The Balaban J connectivity index is 2.52. The molecule has 0 fully saturated rings. The van der Waals surface area contributed by atoms with E-state index in [0.29, 0.717) is 5.82 Å². The maximum absolute atomic E-state index is 5.95. The SMILES string of the molecule is CCCc1nc(N)c(C)c(-c2ccc(C)s2)n1. The molecule has 0 aliphatic carbocycles. The van der Waals surface area contributed by atoms with Crippen LogP contribution < -0.4 is 5.73 Å². The summed E-state index contributed by atoms with van der Waals surface area (Å²) in [5, 5.41) is 0. The van der Waals surface area contributed by atoms with Gasteiger partial charge in [0, 0.05) is 16.9 Å². The first-order valence-electron chi connectivity index (χ1n) is 5.81. The summed E-state index contributed by atoms with van der Waals surface area (Å²) in [6, 6.07) is 4.21. The Morgan fingerprint density at radius 2 is 2.00 bits per heavy atom. The van der Waals surface area contributed by atoms with Crippen molar-refractivity contribution in [2.75, 3.05) is 5.73 Å². The summed E-state index contributed by atoms with van der Waals surface area (Å²) in [6.07, 6.45) is 1.91. The van der Waals surface area contributed by atoms with Crippen LogP contribution in [0.2, 0.25) is 0 Å². The first-order valence-corrected chi connectivity index (χ1v) is 6.63. The summed E-state index contributed by atoms with van der Waals surface area (Å²) in [7, 11) is 0. The van der Waals surface area contributed by atoms with E-state index in [-0.39, 0.29) is 0 Å². The van der Waals surface area contributed by atoms with Crippen molar-refractivity contribution in [1.29, 1.82) is 0 Å². The Labute approximate surface area is 106 Å². The monoisotopic (exact) mass is 247 g/mol. The standard InChI is InChI=1S/C13H17N3S/c1-4-5-11-15-12(9(3)13(14)16-11)10-7-6-8(2)17-10/h6-7H,4-5H2,1-3H3,(H2,14,15,16). The molecular weight excluding hydrogens is 230 g/mol. The number of thiophene rings is 1. The average Bonchev–Trinajstić information content (AvgIpc) is 2.70.